The molecule has 76 valence electrons. The van der Waals surface area contributed by atoms with Crippen molar-refractivity contribution < 1.29 is 4.79 Å². The van der Waals surface area contributed by atoms with E-state index in [4.69, 9.17) is 5.73 Å². The molecule has 0 spiro atoms. The van der Waals surface area contributed by atoms with Gasteiger partial charge in [0, 0.05) is 18.6 Å². The minimum absolute atomic E-state index is 0.230. The van der Waals surface area contributed by atoms with Gasteiger partial charge in [0.05, 0.1) is 6.54 Å². The van der Waals surface area contributed by atoms with Crippen molar-refractivity contribution in [2.75, 3.05) is 27.2 Å². The van der Waals surface area contributed by atoms with Crippen molar-refractivity contribution in [1.82, 2.24) is 9.80 Å². The van der Waals surface area contributed by atoms with Gasteiger partial charge in [-0.15, -0.1) is 0 Å². The van der Waals surface area contributed by atoms with Crippen LogP contribution < -0.4 is 5.73 Å². The van der Waals surface area contributed by atoms with Gasteiger partial charge in [0.15, 0.2) is 0 Å². The van der Waals surface area contributed by atoms with Gasteiger partial charge in [-0.05, 0) is 27.4 Å². The molecule has 0 aromatic carbocycles. The summed E-state index contributed by atoms with van der Waals surface area (Å²) in [5.41, 5.74) is 5.16. The van der Waals surface area contributed by atoms with Crippen molar-refractivity contribution in [1.29, 1.82) is 0 Å². The molecule has 4 nitrogen and oxygen atoms in total. The van der Waals surface area contributed by atoms with Crippen LogP contribution in [0.25, 0.3) is 0 Å². The summed E-state index contributed by atoms with van der Waals surface area (Å²) in [6, 6.07) is 0.988. The van der Waals surface area contributed by atoms with E-state index in [0.717, 1.165) is 13.0 Å². The van der Waals surface area contributed by atoms with Gasteiger partial charge in [0.25, 0.3) is 0 Å². The molecule has 1 aliphatic rings. The Kier molecular flexibility index (Phi) is 3.27. The lowest BCUT2D eigenvalue weighted by Crippen LogP contribution is -2.42. The molecule has 0 aromatic rings. The fourth-order valence-electron chi connectivity index (χ4n) is 2.10. The molecule has 0 aliphatic carbocycles. The van der Waals surface area contributed by atoms with E-state index in [1.807, 2.05) is 0 Å². The summed E-state index contributed by atoms with van der Waals surface area (Å²) in [7, 11) is 4.16. The highest BCUT2D eigenvalue weighted by atomic mass is 16.1. The van der Waals surface area contributed by atoms with Crippen LogP contribution in [-0.4, -0.2) is 55.0 Å². The summed E-state index contributed by atoms with van der Waals surface area (Å²) in [6.07, 6.45) is 1.13. The van der Waals surface area contributed by atoms with E-state index in [1.54, 1.807) is 0 Å². The Morgan fingerprint density at radius 1 is 1.62 bits per heavy atom. The summed E-state index contributed by atoms with van der Waals surface area (Å²) in [5, 5.41) is 0. The lowest BCUT2D eigenvalue weighted by Gasteiger charge is -2.27. The standard InChI is InChI=1S/C9H19N3O/c1-7-8(11(2)3)4-5-12(7)6-9(10)13/h7-8H,4-6H2,1-3H3,(H2,10,13). The van der Waals surface area contributed by atoms with E-state index in [0.29, 0.717) is 18.6 Å². The van der Waals surface area contributed by atoms with Crippen molar-refractivity contribution >= 4 is 5.91 Å². The molecule has 1 amide bonds. The normalized spacial score (nSPS) is 29.8. The van der Waals surface area contributed by atoms with Gasteiger partial charge in [0.2, 0.25) is 5.91 Å². The van der Waals surface area contributed by atoms with Crippen LogP contribution in [0.5, 0.6) is 0 Å². The second-order valence-electron chi connectivity index (χ2n) is 4.00. The molecule has 1 rings (SSSR count). The quantitative estimate of drug-likeness (QED) is 0.644. The van der Waals surface area contributed by atoms with Gasteiger partial charge in [0.1, 0.15) is 0 Å². The van der Waals surface area contributed by atoms with Crippen LogP contribution in [0.3, 0.4) is 0 Å². The van der Waals surface area contributed by atoms with E-state index in [2.05, 4.69) is 30.8 Å². The smallest absolute Gasteiger partial charge is 0.231 e. The average molecular weight is 185 g/mol. The van der Waals surface area contributed by atoms with E-state index in [9.17, 15) is 4.79 Å². The van der Waals surface area contributed by atoms with Crippen LogP contribution in [0.1, 0.15) is 13.3 Å². The molecule has 0 bridgehead atoms. The minimum atomic E-state index is -0.230. The van der Waals surface area contributed by atoms with Crippen molar-refractivity contribution in [3.63, 3.8) is 0 Å². The third-order valence-corrected chi connectivity index (χ3v) is 2.87. The number of nitrogens with zero attached hydrogens (tertiary/aromatic N) is 2. The van der Waals surface area contributed by atoms with Gasteiger partial charge in [-0.25, -0.2) is 0 Å². The summed E-state index contributed by atoms with van der Waals surface area (Å²) >= 11 is 0. The number of likely N-dealkylation sites (tertiary alicyclic amines) is 1. The molecule has 2 unspecified atom stereocenters. The zero-order valence-electron chi connectivity index (χ0n) is 8.66. The van der Waals surface area contributed by atoms with E-state index < -0.39 is 0 Å². The number of amides is 1. The Morgan fingerprint density at radius 3 is 2.62 bits per heavy atom. The molecule has 2 N–H and O–H groups in total. The van der Waals surface area contributed by atoms with Crippen LogP contribution in [0.4, 0.5) is 0 Å². The van der Waals surface area contributed by atoms with Gasteiger partial charge >= 0.3 is 0 Å². The number of carbonyl (C=O) groups excluding carboxylic acids is 1. The Balaban J connectivity index is 2.49. The Bertz CT molecular complexity index is 193. The molecule has 13 heavy (non-hydrogen) atoms. The Morgan fingerprint density at radius 2 is 2.23 bits per heavy atom. The maximum absolute atomic E-state index is 10.7. The first-order valence-electron chi connectivity index (χ1n) is 4.71. The monoisotopic (exact) mass is 185 g/mol. The van der Waals surface area contributed by atoms with Crippen molar-refractivity contribution in [2.45, 2.75) is 25.4 Å². The SMILES string of the molecule is CC1C(N(C)C)CCN1CC(N)=O. The molecule has 0 saturated carbocycles. The van der Waals surface area contributed by atoms with Crippen LogP contribution in [0.2, 0.25) is 0 Å². The third kappa shape index (κ3) is 2.42. The topological polar surface area (TPSA) is 49.6 Å². The number of primary amides is 1. The van der Waals surface area contributed by atoms with Crippen LogP contribution >= 0.6 is 0 Å². The maximum Gasteiger partial charge on any atom is 0.231 e. The number of rotatable bonds is 3. The molecule has 1 saturated heterocycles. The highest BCUT2D eigenvalue weighted by molar-refractivity contribution is 5.76. The number of nitrogens with two attached hydrogens (primary N) is 1. The van der Waals surface area contributed by atoms with Crippen molar-refractivity contribution in [3.8, 4) is 0 Å². The second-order valence-corrected chi connectivity index (χ2v) is 4.00. The van der Waals surface area contributed by atoms with Gasteiger partial charge in [-0.1, -0.05) is 0 Å². The molecule has 2 atom stereocenters. The first kappa shape index (κ1) is 10.5. The third-order valence-electron chi connectivity index (χ3n) is 2.87. The fraction of sp³-hybridized carbons (Fsp3) is 0.889. The predicted molar refractivity (Wildman–Crippen MR) is 52.3 cm³/mol. The van der Waals surface area contributed by atoms with E-state index in [-0.39, 0.29) is 5.91 Å². The van der Waals surface area contributed by atoms with Crippen molar-refractivity contribution in [2.24, 2.45) is 5.73 Å². The van der Waals surface area contributed by atoms with Crippen molar-refractivity contribution in [3.05, 3.63) is 0 Å². The lowest BCUT2D eigenvalue weighted by atomic mass is 10.1. The molecule has 0 radical (unpaired) electrons. The first-order chi connectivity index (χ1) is 6.02. The number of carbonyl (C=O) groups is 1. The van der Waals surface area contributed by atoms with Gasteiger partial charge in [-0.3, -0.25) is 9.69 Å². The zero-order chi connectivity index (χ0) is 10.0. The number of hydrogen-bond donors (Lipinski definition) is 1. The first-order valence-corrected chi connectivity index (χ1v) is 4.71. The average Bonchev–Trinajstić information content (AvgIpc) is 2.32. The van der Waals surface area contributed by atoms with Gasteiger partial charge < -0.3 is 10.6 Å². The molecular weight excluding hydrogens is 166 g/mol. The summed E-state index contributed by atoms with van der Waals surface area (Å²) < 4.78 is 0. The van der Waals surface area contributed by atoms with Gasteiger partial charge in [-0.2, -0.15) is 0 Å². The van der Waals surface area contributed by atoms with Crippen LogP contribution in [0, 0.1) is 0 Å². The lowest BCUT2D eigenvalue weighted by molar-refractivity contribution is -0.119. The van der Waals surface area contributed by atoms with Crippen LogP contribution in [0.15, 0.2) is 0 Å². The second kappa shape index (κ2) is 4.07. The molecule has 1 aliphatic heterocycles. The summed E-state index contributed by atoms with van der Waals surface area (Å²) in [5.74, 6) is -0.230. The minimum Gasteiger partial charge on any atom is -0.369 e. The highest BCUT2D eigenvalue weighted by Gasteiger charge is 2.32. The molecular formula is C9H19N3O. The maximum atomic E-state index is 10.7. The largest absolute Gasteiger partial charge is 0.369 e. The molecule has 1 heterocycles. The summed E-state index contributed by atoms with van der Waals surface area (Å²) in [4.78, 5) is 15.1. The molecule has 4 heteroatoms. The molecule has 0 aromatic heterocycles. The highest BCUT2D eigenvalue weighted by Crippen LogP contribution is 2.20. The zero-order valence-corrected chi connectivity index (χ0v) is 8.66. The fourth-order valence-corrected chi connectivity index (χ4v) is 2.10. The predicted octanol–water partition coefficient (Wildman–Crippen LogP) is -0.504. The number of hydrogen-bond acceptors (Lipinski definition) is 3. The van der Waals surface area contributed by atoms with E-state index in [1.165, 1.54) is 0 Å². The Hall–Kier alpha value is -0.610. The molecule has 1 fully saturated rings. The number of likely N-dealkylation sites (N-methyl/N-ethyl adjacent to an activating group) is 1. The Labute approximate surface area is 79.7 Å². The van der Waals surface area contributed by atoms with E-state index >= 15 is 0 Å². The summed E-state index contributed by atoms with van der Waals surface area (Å²) in [6.45, 7) is 3.53. The van der Waals surface area contributed by atoms with Crippen LogP contribution in [-0.2, 0) is 4.79 Å².